The van der Waals surface area contributed by atoms with Gasteiger partial charge in [-0.3, -0.25) is 9.59 Å². The molecule has 3 rings (SSSR count). The molecule has 0 spiro atoms. The van der Waals surface area contributed by atoms with Gasteiger partial charge in [-0.05, 0) is 36.1 Å². The molecule has 21 heavy (non-hydrogen) atoms. The lowest BCUT2D eigenvalue weighted by Crippen LogP contribution is -2.31. The van der Waals surface area contributed by atoms with Crippen LogP contribution in [0.4, 0.5) is 5.69 Å². The standard InChI is InChI=1S/C15H9Cl2NO2S/c1-8-9(16)4-2-5-10(8)18-14(19)12(13(17)15(18)20)11-6-3-7-21-11/h2-7H,1H3. The maximum absolute atomic E-state index is 12.6. The summed E-state index contributed by atoms with van der Waals surface area (Å²) in [5.74, 6) is -0.937. The van der Waals surface area contributed by atoms with Crippen molar-refractivity contribution < 1.29 is 9.59 Å². The van der Waals surface area contributed by atoms with Gasteiger partial charge in [-0.25, -0.2) is 4.90 Å². The van der Waals surface area contributed by atoms with Crippen LogP contribution in [-0.2, 0) is 9.59 Å². The van der Waals surface area contributed by atoms with Gasteiger partial charge in [0, 0.05) is 9.90 Å². The average Bonchev–Trinajstić information content (AvgIpc) is 3.03. The molecule has 0 atom stereocenters. The Morgan fingerprint density at radius 2 is 1.81 bits per heavy atom. The van der Waals surface area contributed by atoms with E-state index in [1.807, 2.05) is 11.4 Å². The minimum atomic E-state index is -0.518. The van der Waals surface area contributed by atoms with E-state index >= 15 is 0 Å². The predicted octanol–water partition coefficient (Wildman–Crippen LogP) is 4.23. The van der Waals surface area contributed by atoms with Gasteiger partial charge in [-0.2, -0.15) is 0 Å². The molecule has 1 aliphatic heterocycles. The summed E-state index contributed by atoms with van der Waals surface area (Å²) in [7, 11) is 0. The number of amides is 2. The van der Waals surface area contributed by atoms with Crippen LogP contribution >= 0.6 is 34.5 Å². The molecule has 0 aliphatic carbocycles. The topological polar surface area (TPSA) is 37.4 Å². The maximum Gasteiger partial charge on any atom is 0.277 e. The zero-order chi connectivity index (χ0) is 15.1. The monoisotopic (exact) mass is 337 g/mol. The van der Waals surface area contributed by atoms with Crippen molar-refractivity contribution in [3.63, 3.8) is 0 Å². The zero-order valence-electron chi connectivity index (χ0n) is 10.9. The number of anilines is 1. The smallest absolute Gasteiger partial charge is 0.268 e. The molecule has 0 N–H and O–H groups in total. The molecule has 2 heterocycles. The van der Waals surface area contributed by atoms with Crippen molar-refractivity contribution in [1.82, 2.24) is 0 Å². The number of rotatable bonds is 2. The summed E-state index contributed by atoms with van der Waals surface area (Å²) in [6.45, 7) is 1.76. The van der Waals surface area contributed by atoms with Crippen LogP contribution in [0.25, 0.3) is 5.57 Å². The number of imide groups is 1. The number of benzene rings is 1. The van der Waals surface area contributed by atoms with E-state index in [0.29, 0.717) is 21.2 Å². The molecule has 1 aromatic carbocycles. The van der Waals surface area contributed by atoms with Crippen molar-refractivity contribution >= 4 is 57.6 Å². The second-order valence-electron chi connectivity index (χ2n) is 4.50. The van der Waals surface area contributed by atoms with E-state index in [2.05, 4.69) is 0 Å². The van der Waals surface area contributed by atoms with Crippen LogP contribution in [0.3, 0.4) is 0 Å². The molecule has 1 aromatic heterocycles. The molecule has 0 radical (unpaired) electrons. The lowest BCUT2D eigenvalue weighted by molar-refractivity contribution is -0.119. The normalized spacial score (nSPS) is 15.3. The van der Waals surface area contributed by atoms with Gasteiger partial charge in [0.15, 0.2) is 0 Å². The number of hydrogen-bond acceptors (Lipinski definition) is 3. The fraction of sp³-hybridized carbons (Fsp3) is 0.0667. The Kier molecular flexibility index (Phi) is 3.61. The van der Waals surface area contributed by atoms with Gasteiger partial charge in [0.1, 0.15) is 5.03 Å². The second kappa shape index (κ2) is 5.30. The maximum atomic E-state index is 12.6. The third kappa shape index (κ3) is 2.20. The van der Waals surface area contributed by atoms with E-state index in [1.54, 1.807) is 31.2 Å². The van der Waals surface area contributed by atoms with Crippen LogP contribution in [0, 0.1) is 6.92 Å². The van der Waals surface area contributed by atoms with E-state index in [1.165, 1.54) is 11.3 Å². The first kappa shape index (κ1) is 14.3. The number of carbonyl (C=O) groups is 2. The summed E-state index contributed by atoms with van der Waals surface area (Å²) >= 11 is 13.5. The van der Waals surface area contributed by atoms with E-state index in [-0.39, 0.29) is 10.6 Å². The SMILES string of the molecule is Cc1c(Cl)cccc1N1C(=O)C(Cl)=C(c2cccs2)C1=O. The summed E-state index contributed by atoms with van der Waals surface area (Å²) < 4.78 is 0. The van der Waals surface area contributed by atoms with Crippen LogP contribution in [0.1, 0.15) is 10.4 Å². The Labute approximate surface area is 135 Å². The van der Waals surface area contributed by atoms with Crippen molar-refractivity contribution in [2.45, 2.75) is 6.92 Å². The molecule has 6 heteroatoms. The van der Waals surface area contributed by atoms with Crippen molar-refractivity contribution in [3.8, 4) is 0 Å². The number of nitrogens with zero attached hydrogens (tertiary/aromatic N) is 1. The molecule has 0 saturated heterocycles. The van der Waals surface area contributed by atoms with Crippen molar-refractivity contribution in [2.75, 3.05) is 4.90 Å². The number of halogens is 2. The molecule has 0 unspecified atom stereocenters. The van der Waals surface area contributed by atoms with Gasteiger partial charge >= 0.3 is 0 Å². The van der Waals surface area contributed by atoms with E-state index in [4.69, 9.17) is 23.2 Å². The minimum absolute atomic E-state index is 0.0539. The van der Waals surface area contributed by atoms with Gasteiger partial charge in [-0.1, -0.05) is 35.3 Å². The number of hydrogen-bond donors (Lipinski definition) is 0. The van der Waals surface area contributed by atoms with Crippen LogP contribution in [0.5, 0.6) is 0 Å². The lowest BCUT2D eigenvalue weighted by atomic mass is 10.1. The van der Waals surface area contributed by atoms with Crippen LogP contribution in [-0.4, -0.2) is 11.8 Å². The van der Waals surface area contributed by atoms with Crippen molar-refractivity contribution in [2.24, 2.45) is 0 Å². The number of carbonyl (C=O) groups excluding carboxylic acids is 2. The third-order valence-corrected chi connectivity index (χ3v) is 4.92. The summed E-state index contributed by atoms with van der Waals surface area (Å²) in [5, 5.41) is 2.27. The van der Waals surface area contributed by atoms with E-state index < -0.39 is 11.8 Å². The van der Waals surface area contributed by atoms with Gasteiger partial charge < -0.3 is 0 Å². The third-order valence-electron chi connectivity index (χ3n) is 3.27. The molecular weight excluding hydrogens is 329 g/mol. The molecule has 0 saturated carbocycles. The first-order valence-corrected chi connectivity index (χ1v) is 7.73. The Hall–Kier alpha value is -1.62. The Morgan fingerprint density at radius 1 is 1.05 bits per heavy atom. The van der Waals surface area contributed by atoms with Crippen molar-refractivity contribution in [1.29, 1.82) is 0 Å². The Bertz CT molecular complexity index is 781. The highest BCUT2D eigenvalue weighted by atomic mass is 35.5. The average molecular weight is 338 g/mol. The molecule has 2 aromatic rings. The fourth-order valence-corrected chi connectivity index (χ4v) is 3.46. The first-order chi connectivity index (χ1) is 10.0. The molecule has 106 valence electrons. The van der Waals surface area contributed by atoms with E-state index in [0.717, 1.165) is 4.90 Å². The highest BCUT2D eigenvalue weighted by Crippen LogP contribution is 2.38. The fourth-order valence-electron chi connectivity index (χ4n) is 2.19. The lowest BCUT2D eigenvalue weighted by Gasteiger charge is -2.17. The van der Waals surface area contributed by atoms with Gasteiger partial charge in [0.25, 0.3) is 11.8 Å². The van der Waals surface area contributed by atoms with E-state index in [9.17, 15) is 9.59 Å². The van der Waals surface area contributed by atoms with Crippen molar-refractivity contribution in [3.05, 3.63) is 56.2 Å². The Balaban J connectivity index is 2.11. The molecule has 2 amide bonds. The van der Waals surface area contributed by atoms with Crippen LogP contribution in [0.2, 0.25) is 5.02 Å². The molecule has 0 fully saturated rings. The molecule has 3 nitrogen and oxygen atoms in total. The number of thiophene rings is 1. The van der Waals surface area contributed by atoms with Gasteiger partial charge in [0.2, 0.25) is 0 Å². The predicted molar refractivity (Wildman–Crippen MR) is 85.8 cm³/mol. The minimum Gasteiger partial charge on any atom is -0.268 e. The summed E-state index contributed by atoms with van der Waals surface area (Å²) in [6, 6.07) is 8.66. The van der Waals surface area contributed by atoms with Crippen LogP contribution < -0.4 is 4.90 Å². The summed E-state index contributed by atoms with van der Waals surface area (Å²) in [6.07, 6.45) is 0. The Morgan fingerprint density at radius 3 is 2.48 bits per heavy atom. The summed E-state index contributed by atoms with van der Waals surface area (Å²) in [4.78, 5) is 26.7. The first-order valence-electron chi connectivity index (χ1n) is 6.10. The largest absolute Gasteiger partial charge is 0.277 e. The quantitative estimate of drug-likeness (QED) is 0.769. The van der Waals surface area contributed by atoms with Gasteiger partial charge in [-0.15, -0.1) is 11.3 Å². The zero-order valence-corrected chi connectivity index (χ0v) is 13.2. The highest BCUT2D eigenvalue weighted by Gasteiger charge is 2.40. The highest BCUT2D eigenvalue weighted by molar-refractivity contribution is 7.11. The second-order valence-corrected chi connectivity index (χ2v) is 6.23. The molecule has 0 bridgehead atoms. The van der Waals surface area contributed by atoms with Gasteiger partial charge in [0.05, 0.1) is 11.3 Å². The summed E-state index contributed by atoms with van der Waals surface area (Å²) in [5.41, 5.74) is 1.37. The molecule has 1 aliphatic rings. The molecular formula is C15H9Cl2NO2S. The van der Waals surface area contributed by atoms with Crippen LogP contribution in [0.15, 0.2) is 40.7 Å².